The quantitative estimate of drug-likeness (QED) is 0.231. The molecule has 3 aromatic heterocycles. The molecule has 0 aliphatic carbocycles. The summed E-state index contributed by atoms with van der Waals surface area (Å²) in [5.74, 6) is -0.514. The maximum atomic E-state index is 13.6. The lowest BCUT2D eigenvalue weighted by molar-refractivity contribution is 0.628. The Morgan fingerprint density at radius 2 is 2.00 bits per heavy atom. The van der Waals surface area contributed by atoms with Gasteiger partial charge in [-0.05, 0) is 57.9 Å². The Kier molecular flexibility index (Phi) is 6.80. The largest absolute Gasteiger partial charge is 0.379 e. The van der Waals surface area contributed by atoms with Crippen molar-refractivity contribution >= 4 is 55.5 Å². The molecule has 0 saturated carbocycles. The maximum Gasteiger partial charge on any atom is 0.141 e. The van der Waals surface area contributed by atoms with Crippen LogP contribution in [-0.2, 0) is 13.1 Å². The molecule has 0 spiro atoms. The highest BCUT2D eigenvalue weighted by molar-refractivity contribution is 9.10. The summed E-state index contributed by atoms with van der Waals surface area (Å²) in [5, 5.41) is 17.0. The van der Waals surface area contributed by atoms with Crippen molar-refractivity contribution in [3.8, 4) is 6.07 Å². The smallest absolute Gasteiger partial charge is 0.141 e. The predicted octanol–water partition coefficient (Wildman–Crippen LogP) is 6.66. The average molecular weight is 563 g/mol. The summed E-state index contributed by atoms with van der Waals surface area (Å²) in [6.45, 7) is 1.19. The van der Waals surface area contributed by atoms with Gasteiger partial charge in [0.15, 0.2) is 0 Å². The van der Waals surface area contributed by atoms with Gasteiger partial charge in [-0.15, -0.1) is 0 Å². The Morgan fingerprint density at radius 1 is 1.11 bits per heavy atom. The van der Waals surface area contributed by atoms with Gasteiger partial charge in [0.25, 0.3) is 0 Å². The van der Waals surface area contributed by atoms with Gasteiger partial charge in [0, 0.05) is 46.0 Å². The van der Waals surface area contributed by atoms with Gasteiger partial charge in [0.05, 0.1) is 46.9 Å². The molecule has 0 aliphatic rings. The summed E-state index contributed by atoms with van der Waals surface area (Å²) in [6.07, 6.45) is 8.86. The van der Waals surface area contributed by atoms with E-state index < -0.39 is 5.82 Å². The predicted molar refractivity (Wildman–Crippen MR) is 142 cm³/mol. The molecule has 0 radical (unpaired) electrons. The molecule has 5 aromatic rings. The molecule has 10 heteroatoms. The van der Waals surface area contributed by atoms with Gasteiger partial charge < -0.3 is 15.2 Å². The molecule has 3 heterocycles. The van der Waals surface area contributed by atoms with Gasteiger partial charge in [-0.1, -0.05) is 17.7 Å². The van der Waals surface area contributed by atoms with Crippen molar-refractivity contribution in [2.24, 2.45) is 0 Å². The van der Waals surface area contributed by atoms with E-state index in [2.05, 4.69) is 47.6 Å². The average Bonchev–Trinajstić information content (AvgIpc) is 3.33. The third-order valence-corrected chi connectivity index (χ3v) is 6.38. The fourth-order valence-electron chi connectivity index (χ4n) is 3.78. The minimum atomic E-state index is -0.514. The van der Waals surface area contributed by atoms with Crippen molar-refractivity contribution in [2.75, 3.05) is 10.6 Å². The van der Waals surface area contributed by atoms with Gasteiger partial charge in [0.1, 0.15) is 11.9 Å². The molecule has 0 atom stereocenters. The fraction of sp³-hybridized carbons (Fsp3) is 0.0769. The topological polar surface area (TPSA) is 91.5 Å². The van der Waals surface area contributed by atoms with Crippen molar-refractivity contribution in [2.45, 2.75) is 13.1 Å². The number of hydrogen-bond acceptors (Lipinski definition) is 6. The second-order valence-electron chi connectivity index (χ2n) is 8.02. The van der Waals surface area contributed by atoms with Crippen LogP contribution in [0.1, 0.15) is 16.8 Å². The lowest BCUT2D eigenvalue weighted by Gasteiger charge is -2.14. The SMILES string of the molecule is N#Cc1cnc2c(Br)cc(NCc3cn(Cc4cccnc4)cn3)cc2c1Nc1ccc(F)c(Cl)c1. The Morgan fingerprint density at radius 3 is 2.78 bits per heavy atom. The van der Waals surface area contributed by atoms with Gasteiger partial charge in [-0.3, -0.25) is 9.97 Å². The number of pyridine rings is 2. The van der Waals surface area contributed by atoms with Crippen LogP contribution < -0.4 is 10.6 Å². The van der Waals surface area contributed by atoms with Crippen LogP contribution in [0, 0.1) is 17.1 Å². The number of anilines is 3. The van der Waals surface area contributed by atoms with E-state index in [-0.39, 0.29) is 5.02 Å². The second-order valence-corrected chi connectivity index (χ2v) is 9.28. The molecule has 36 heavy (non-hydrogen) atoms. The second kappa shape index (κ2) is 10.3. The first-order chi connectivity index (χ1) is 17.5. The summed E-state index contributed by atoms with van der Waals surface area (Å²) < 4.78 is 16.4. The Bertz CT molecular complexity index is 1600. The highest BCUT2D eigenvalue weighted by Gasteiger charge is 2.14. The highest BCUT2D eigenvalue weighted by Crippen LogP contribution is 2.35. The van der Waals surface area contributed by atoms with Gasteiger partial charge in [-0.2, -0.15) is 5.26 Å². The number of nitrogens with zero attached hydrogens (tertiary/aromatic N) is 5. The van der Waals surface area contributed by atoms with E-state index in [4.69, 9.17) is 11.6 Å². The first kappa shape index (κ1) is 23.7. The number of nitrogens with one attached hydrogen (secondary N) is 2. The molecule has 0 aliphatic heterocycles. The van der Waals surface area contributed by atoms with E-state index in [0.29, 0.717) is 40.9 Å². The van der Waals surface area contributed by atoms with Crippen LogP contribution in [0.4, 0.5) is 21.5 Å². The van der Waals surface area contributed by atoms with Crippen LogP contribution in [0.25, 0.3) is 10.9 Å². The maximum absolute atomic E-state index is 13.6. The number of aromatic nitrogens is 4. The minimum Gasteiger partial charge on any atom is -0.379 e. The van der Waals surface area contributed by atoms with E-state index in [0.717, 1.165) is 21.4 Å². The lowest BCUT2D eigenvalue weighted by atomic mass is 10.1. The summed E-state index contributed by atoms with van der Waals surface area (Å²) in [6, 6.07) is 14.2. The Balaban J connectivity index is 1.41. The summed E-state index contributed by atoms with van der Waals surface area (Å²) in [5.41, 5.74) is 4.91. The zero-order chi connectivity index (χ0) is 25.1. The number of hydrogen-bond donors (Lipinski definition) is 2. The van der Waals surface area contributed by atoms with Crippen LogP contribution in [0.5, 0.6) is 0 Å². The third-order valence-electron chi connectivity index (χ3n) is 5.48. The monoisotopic (exact) mass is 561 g/mol. The molecule has 5 rings (SSSR count). The van der Waals surface area contributed by atoms with E-state index in [1.807, 2.05) is 41.2 Å². The van der Waals surface area contributed by atoms with E-state index in [1.165, 1.54) is 18.3 Å². The molecule has 2 aromatic carbocycles. The summed E-state index contributed by atoms with van der Waals surface area (Å²) >= 11 is 9.54. The molecule has 0 fully saturated rings. The zero-order valence-corrected chi connectivity index (χ0v) is 21.1. The molecular weight excluding hydrogens is 545 g/mol. The Hall–Kier alpha value is -4.00. The van der Waals surface area contributed by atoms with Crippen molar-refractivity contribution in [1.82, 2.24) is 19.5 Å². The number of halogens is 3. The van der Waals surface area contributed by atoms with E-state index in [9.17, 15) is 9.65 Å². The Labute approximate surface area is 219 Å². The van der Waals surface area contributed by atoms with Crippen LogP contribution in [-0.4, -0.2) is 19.5 Å². The molecule has 7 nitrogen and oxygen atoms in total. The number of fused-ring (bicyclic) bond motifs is 1. The molecule has 178 valence electrons. The van der Waals surface area contributed by atoms with Gasteiger partial charge in [0.2, 0.25) is 0 Å². The van der Waals surface area contributed by atoms with Crippen molar-refractivity contribution in [3.05, 3.63) is 106 Å². The fourth-order valence-corrected chi connectivity index (χ4v) is 4.52. The van der Waals surface area contributed by atoms with Crippen LogP contribution in [0.2, 0.25) is 5.02 Å². The van der Waals surface area contributed by atoms with Crippen molar-refractivity contribution in [1.29, 1.82) is 5.26 Å². The van der Waals surface area contributed by atoms with Crippen molar-refractivity contribution < 1.29 is 4.39 Å². The first-order valence-electron chi connectivity index (χ1n) is 10.9. The molecule has 2 N–H and O–H groups in total. The summed E-state index contributed by atoms with van der Waals surface area (Å²) in [7, 11) is 0. The first-order valence-corrected chi connectivity index (χ1v) is 12.0. The van der Waals surface area contributed by atoms with Crippen LogP contribution >= 0.6 is 27.5 Å². The number of nitriles is 1. The molecule has 0 unspecified atom stereocenters. The van der Waals surface area contributed by atoms with E-state index in [1.54, 1.807) is 18.6 Å². The standard InChI is InChI=1S/C26H18BrClFN7/c27-22-7-19(32-12-20-14-36(15-34-20)13-16-2-1-5-31-10-16)6-21-25(17(9-30)11-33-26(21)22)35-18-3-4-24(29)23(28)8-18/h1-8,10-11,14-15,32H,12-13H2,(H,33,35). The zero-order valence-electron chi connectivity index (χ0n) is 18.7. The number of rotatable bonds is 7. The minimum absolute atomic E-state index is 0.0108. The molecule has 0 amide bonds. The van der Waals surface area contributed by atoms with Crippen molar-refractivity contribution in [3.63, 3.8) is 0 Å². The highest BCUT2D eigenvalue weighted by atomic mass is 79.9. The lowest BCUT2D eigenvalue weighted by Crippen LogP contribution is -2.02. The molecule has 0 bridgehead atoms. The summed E-state index contributed by atoms with van der Waals surface area (Å²) in [4.78, 5) is 13.1. The number of benzene rings is 2. The normalized spacial score (nSPS) is 10.8. The number of imidazole rings is 1. The third kappa shape index (κ3) is 5.15. The molecular formula is C26H18BrClFN7. The van der Waals surface area contributed by atoms with Crippen LogP contribution in [0.3, 0.4) is 0 Å². The van der Waals surface area contributed by atoms with Gasteiger partial charge in [-0.25, -0.2) is 9.37 Å². The van der Waals surface area contributed by atoms with Gasteiger partial charge >= 0.3 is 0 Å². The molecule has 0 saturated heterocycles. The van der Waals surface area contributed by atoms with Crippen LogP contribution in [0.15, 0.2) is 78.1 Å². The van der Waals surface area contributed by atoms with E-state index >= 15 is 0 Å².